The Balaban J connectivity index is 0.803. The summed E-state index contributed by atoms with van der Waals surface area (Å²) in [6.45, 7) is 10.6. The lowest BCUT2D eigenvalue weighted by Gasteiger charge is -2.58. The number of amides is 1. The number of hydrogen-bond donors (Lipinski definition) is 4. The van der Waals surface area contributed by atoms with Crippen LogP contribution in [-0.4, -0.2) is 102 Å². The van der Waals surface area contributed by atoms with E-state index in [9.17, 15) is 37.2 Å². The van der Waals surface area contributed by atoms with Crippen LogP contribution in [0.2, 0.25) is 0 Å². The lowest BCUT2D eigenvalue weighted by Crippen LogP contribution is -2.60. The third-order valence-electron chi connectivity index (χ3n) is 16.7. The van der Waals surface area contributed by atoms with Crippen molar-refractivity contribution in [2.45, 2.75) is 107 Å². The molecule has 2 aliphatic carbocycles. The molecular formula is C57H64F2N8O9S. The summed E-state index contributed by atoms with van der Waals surface area (Å²) in [7, 11) is -4.84. The van der Waals surface area contributed by atoms with Crippen LogP contribution < -0.4 is 29.1 Å². The molecule has 2 saturated carbocycles. The van der Waals surface area contributed by atoms with Crippen molar-refractivity contribution in [1.29, 1.82) is 0 Å². The zero-order valence-electron chi connectivity index (χ0n) is 43.4. The number of benzene rings is 4. The largest absolute Gasteiger partial charge is 0.455 e. The molecule has 1 atom stereocenters. The monoisotopic (exact) mass is 1070 g/mol. The number of anilines is 2. The molecule has 0 bridgehead atoms. The second-order valence-corrected chi connectivity index (χ2v) is 23.9. The molecule has 4 fully saturated rings. The molecule has 4 N–H and O–H groups in total. The number of carbonyl (C=O) groups excluding carboxylic acids is 1. The number of fused-ring (bicyclic) bond motifs is 2. The van der Waals surface area contributed by atoms with Crippen LogP contribution in [0.5, 0.6) is 23.0 Å². The molecule has 2 aromatic heterocycles. The summed E-state index contributed by atoms with van der Waals surface area (Å²) >= 11 is 0. The number of nitrogens with one attached hydrogen (secondary N) is 3. The molecule has 1 amide bonds. The summed E-state index contributed by atoms with van der Waals surface area (Å²) < 4.78 is 76.4. The number of pyridine rings is 1. The number of nitro benzene ring substituents is 1. The van der Waals surface area contributed by atoms with Crippen LogP contribution in [0.1, 0.15) is 111 Å². The van der Waals surface area contributed by atoms with E-state index in [1.54, 1.807) is 37.4 Å². The van der Waals surface area contributed by atoms with Gasteiger partial charge in [-0.1, -0.05) is 44.2 Å². The zero-order valence-corrected chi connectivity index (χ0v) is 44.2. The molecule has 4 aromatic carbocycles. The summed E-state index contributed by atoms with van der Waals surface area (Å²) in [5.41, 5.74) is 3.47. The number of piperazine rings is 1. The van der Waals surface area contributed by atoms with E-state index in [1.807, 2.05) is 6.07 Å². The van der Waals surface area contributed by atoms with Crippen molar-refractivity contribution < 1.29 is 46.2 Å². The number of ether oxygens (including phenoxy) is 3. The van der Waals surface area contributed by atoms with Gasteiger partial charge in [-0.2, -0.15) is 0 Å². The first-order valence-electron chi connectivity index (χ1n) is 26.6. The molecule has 6 aromatic rings. The number of nitrogens with zero attached hydrogens (tertiary/aromatic N) is 5. The molecule has 11 rings (SSSR count). The first-order chi connectivity index (χ1) is 36.9. The number of hydrogen-bond acceptors (Lipinski definition) is 14. The Hall–Kier alpha value is -6.87. The Morgan fingerprint density at radius 3 is 2.48 bits per heavy atom. The molecule has 5 aliphatic rings. The van der Waals surface area contributed by atoms with Crippen molar-refractivity contribution in [2.24, 2.45) is 11.3 Å². The van der Waals surface area contributed by atoms with E-state index in [1.165, 1.54) is 35.5 Å². The summed E-state index contributed by atoms with van der Waals surface area (Å²) in [6.07, 6.45) is 9.79. The molecule has 3 aliphatic heterocycles. The summed E-state index contributed by atoms with van der Waals surface area (Å²) in [5.74, 6) is -2.31. The van der Waals surface area contributed by atoms with Gasteiger partial charge in [0.25, 0.3) is 21.6 Å². The summed E-state index contributed by atoms with van der Waals surface area (Å²) in [5, 5.41) is 26.8. The molecule has 2 saturated heterocycles. The van der Waals surface area contributed by atoms with Gasteiger partial charge in [-0.25, -0.2) is 26.9 Å². The van der Waals surface area contributed by atoms with E-state index in [2.05, 4.69) is 72.8 Å². The lowest BCUT2D eigenvalue weighted by molar-refractivity contribution is -0.384. The van der Waals surface area contributed by atoms with E-state index in [4.69, 9.17) is 14.2 Å². The average Bonchev–Trinajstić information content (AvgIpc) is 4.17. The fourth-order valence-electron chi connectivity index (χ4n) is 12.4. The lowest BCUT2D eigenvalue weighted by atomic mass is 9.59. The van der Waals surface area contributed by atoms with Crippen LogP contribution in [0.4, 0.5) is 25.8 Å². The Morgan fingerprint density at radius 2 is 1.73 bits per heavy atom. The minimum Gasteiger partial charge on any atom is -0.455 e. The van der Waals surface area contributed by atoms with Gasteiger partial charge in [0.2, 0.25) is 6.79 Å². The second kappa shape index (κ2) is 20.8. The van der Waals surface area contributed by atoms with Crippen LogP contribution in [0.25, 0.3) is 11.0 Å². The van der Waals surface area contributed by atoms with Gasteiger partial charge in [-0.3, -0.25) is 24.7 Å². The number of H-pyrrole nitrogens is 1. The van der Waals surface area contributed by atoms with Gasteiger partial charge in [0.1, 0.15) is 22.0 Å². The number of rotatable bonds is 15. The number of nitro groups is 1. The standard InChI is InChI=1S/C57H64F2N8O9S/c1-35(2)42-6-4-5-7-43(42)48-33-64(32-37-8-11-45(58)46(59)24-37)22-23-66(48)40-28-57(29-40)17-20-65(21-18-57)39-9-10-44(49(26-39)76-41-25-38-14-19-60-54(38)62-31-41)55(68)63-77(72,73)50-27-47(67(70)71)51(53-52(50)74-34-75-53)61-30-36-12-15-56(3,69)16-13-36/h4-11,14,19,24-27,31,35-36,40,48,61,69H,12-13,15-18,20-23,28-30,32-34H2,1-3H3,(H,60,62)(H,63,68)/t36-,48-,56-/m0/s1. The highest BCUT2D eigenvalue weighted by molar-refractivity contribution is 7.90. The highest BCUT2D eigenvalue weighted by atomic mass is 32.2. The first kappa shape index (κ1) is 52.2. The number of halogens is 2. The minimum absolute atomic E-state index is 0.0307. The van der Waals surface area contributed by atoms with Crippen molar-refractivity contribution in [3.63, 3.8) is 0 Å². The number of aliphatic hydroxyl groups is 1. The van der Waals surface area contributed by atoms with Crippen molar-refractivity contribution in [1.82, 2.24) is 24.5 Å². The molecule has 20 heteroatoms. The fraction of sp³-hybridized carbons (Fsp3) is 0.439. The van der Waals surface area contributed by atoms with E-state index in [-0.39, 0.29) is 45.9 Å². The van der Waals surface area contributed by atoms with Crippen LogP contribution >= 0.6 is 0 Å². The SMILES string of the molecule is CC(C)c1ccccc1[C@@H]1CN(Cc2ccc(F)c(F)c2)CCN1C1CC2(CCN(c3ccc(C(=O)NS(=O)(=O)c4cc([N+](=O)[O-])c(NC[C@H]5CC[C@](C)(O)CC5)c5c4OCO5)c(Oc4cnc5[nH]ccc5c4)c3)CC2)C1. The maximum Gasteiger partial charge on any atom is 0.297 e. The number of aromatic nitrogens is 2. The molecule has 5 heterocycles. The van der Waals surface area contributed by atoms with Crippen molar-refractivity contribution in [2.75, 3.05) is 56.3 Å². The minimum atomic E-state index is -4.84. The molecule has 77 heavy (non-hydrogen) atoms. The number of sulfonamides is 1. The average molecular weight is 1080 g/mol. The molecule has 0 unspecified atom stereocenters. The highest BCUT2D eigenvalue weighted by Crippen LogP contribution is 2.54. The van der Waals surface area contributed by atoms with Gasteiger partial charge in [0.15, 0.2) is 28.8 Å². The van der Waals surface area contributed by atoms with E-state index < -0.39 is 55.5 Å². The summed E-state index contributed by atoms with van der Waals surface area (Å²) in [6, 6.07) is 22.8. The molecular weight excluding hydrogens is 1010 g/mol. The van der Waals surface area contributed by atoms with E-state index in [0.29, 0.717) is 62.1 Å². The van der Waals surface area contributed by atoms with Gasteiger partial charge < -0.3 is 34.5 Å². The Morgan fingerprint density at radius 1 is 0.961 bits per heavy atom. The highest BCUT2D eigenvalue weighted by Gasteiger charge is 2.50. The van der Waals surface area contributed by atoms with Gasteiger partial charge in [0.05, 0.1) is 22.3 Å². The van der Waals surface area contributed by atoms with E-state index >= 15 is 0 Å². The fourth-order valence-corrected chi connectivity index (χ4v) is 13.5. The van der Waals surface area contributed by atoms with Crippen molar-refractivity contribution >= 4 is 44.0 Å². The predicted molar refractivity (Wildman–Crippen MR) is 286 cm³/mol. The van der Waals surface area contributed by atoms with Crippen LogP contribution in [0, 0.1) is 33.1 Å². The maximum absolute atomic E-state index is 14.3. The Kier molecular flexibility index (Phi) is 14.1. The second-order valence-electron chi connectivity index (χ2n) is 22.3. The van der Waals surface area contributed by atoms with Gasteiger partial charge >= 0.3 is 0 Å². The predicted octanol–water partition coefficient (Wildman–Crippen LogP) is 10.2. The van der Waals surface area contributed by atoms with Gasteiger partial charge in [0, 0.05) is 87.3 Å². The Bertz CT molecular complexity index is 3330. The normalized spacial score (nSPS) is 21.8. The van der Waals surface area contributed by atoms with Gasteiger partial charge in [-0.15, -0.1) is 0 Å². The van der Waals surface area contributed by atoms with E-state index in [0.717, 1.165) is 81.1 Å². The van der Waals surface area contributed by atoms with Gasteiger partial charge in [-0.05, 0) is 129 Å². The molecule has 406 valence electrons. The molecule has 1 spiro atoms. The summed E-state index contributed by atoms with van der Waals surface area (Å²) in [4.78, 5) is 40.3. The van der Waals surface area contributed by atoms with Crippen LogP contribution in [-0.2, 0) is 16.6 Å². The topological polar surface area (TPSA) is 205 Å². The third-order valence-corrected chi connectivity index (χ3v) is 18.1. The number of aromatic amines is 1. The molecule has 0 radical (unpaired) electrons. The van der Waals surface area contributed by atoms with Crippen molar-refractivity contribution in [3.05, 3.63) is 135 Å². The smallest absolute Gasteiger partial charge is 0.297 e. The molecule has 17 nitrogen and oxygen atoms in total. The maximum atomic E-state index is 14.3. The quantitative estimate of drug-likeness (QED) is 0.0558. The van der Waals surface area contributed by atoms with Crippen LogP contribution in [0.15, 0.2) is 96.2 Å². The third kappa shape index (κ3) is 10.8. The first-order valence-corrected chi connectivity index (χ1v) is 28.0. The van der Waals surface area contributed by atoms with Crippen molar-refractivity contribution in [3.8, 4) is 23.0 Å². The number of carbonyl (C=O) groups is 1. The number of piperidine rings is 1. The van der Waals surface area contributed by atoms with Crippen LogP contribution in [0.3, 0.4) is 0 Å². The zero-order chi connectivity index (χ0) is 53.8. The Labute approximate surface area is 446 Å².